The van der Waals surface area contributed by atoms with Crippen molar-refractivity contribution in [3.8, 4) is 0 Å². The van der Waals surface area contributed by atoms with E-state index in [-0.39, 0.29) is 11.7 Å². The SMILES string of the molecule is COC1(C)C2CC3CC1C(O)C(C2)C3C. The molecule has 0 spiro atoms. The molecule has 4 saturated carbocycles. The molecule has 0 aromatic rings. The zero-order chi connectivity index (χ0) is 10.8. The van der Waals surface area contributed by atoms with Crippen LogP contribution in [-0.2, 0) is 4.74 Å². The van der Waals surface area contributed by atoms with Crippen LogP contribution < -0.4 is 0 Å². The number of ether oxygens (including phenoxy) is 1. The van der Waals surface area contributed by atoms with Gasteiger partial charge in [-0.1, -0.05) is 6.92 Å². The summed E-state index contributed by atoms with van der Waals surface area (Å²) in [4.78, 5) is 0. The molecular formula is C13H22O2. The second-order valence-corrected chi connectivity index (χ2v) is 6.17. The smallest absolute Gasteiger partial charge is 0.0731 e. The van der Waals surface area contributed by atoms with Gasteiger partial charge in [-0.3, -0.25) is 0 Å². The maximum absolute atomic E-state index is 10.4. The maximum Gasteiger partial charge on any atom is 0.0731 e. The molecule has 0 radical (unpaired) electrons. The van der Waals surface area contributed by atoms with E-state index >= 15 is 0 Å². The molecule has 4 aliphatic rings. The summed E-state index contributed by atoms with van der Waals surface area (Å²) in [5, 5.41) is 10.4. The lowest BCUT2D eigenvalue weighted by atomic mass is 9.46. The van der Waals surface area contributed by atoms with Crippen LogP contribution in [0.4, 0.5) is 0 Å². The average Bonchev–Trinajstić information content (AvgIpc) is 2.22. The van der Waals surface area contributed by atoms with Gasteiger partial charge in [-0.2, -0.15) is 0 Å². The van der Waals surface area contributed by atoms with E-state index in [0.717, 1.165) is 11.8 Å². The standard InChI is InChI=1S/C13H22O2/c1-7-8-4-9-6-10(7)12(14)11(5-8)13(9,2)15-3/h7-12,14H,4-6H2,1-3H3. The van der Waals surface area contributed by atoms with Gasteiger partial charge in [0.2, 0.25) is 0 Å². The molecule has 2 nitrogen and oxygen atoms in total. The van der Waals surface area contributed by atoms with Crippen molar-refractivity contribution in [1.82, 2.24) is 0 Å². The molecule has 0 heterocycles. The van der Waals surface area contributed by atoms with Crippen LogP contribution in [0.1, 0.15) is 33.1 Å². The molecular weight excluding hydrogens is 188 g/mol. The predicted molar refractivity (Wildman–Crippen MR) is 58.4 cm³/mol. The Hall–Kier alpha value is -0.0800. The molecule has 7 atom stereocenters. The molecule has 4 bridgehead atoms. The van der Waals surface area contributed by atoms with Gasteiger partial charge in [-0.05, 0) is 49.9 Å². The first-order chi connectivity index (χ1) is 7.08. The van der Waals surface area contributed by atoms with Gasteiger partial charge in [-0.15, -0.1) is 0 Å². The Labute approximate surface area is 92.0 Å². The molecule has 0 amide bonds. The van der Waals surface area contributed by atoms with Crippen LogP contribution in [0.3, 0.4) is 0 Å². The Morgan fingerprint density at radius 1 is 1.27 bits per heavy atom. The van der Waals surface area contributed by atoms with Gasteiger partial charge in [0.25, 0.3) is 0 Å². The van der Waals surface area contributed by atoms with Crippen LogP contribution in [0.25, 0.3) is 0 Å². The number of hydrogen-bond donors (Lipinski definition) is 1. The normalized spacial score (nSPS) is 62.4. The van der Waals surface area contributed by atoms with Gasteiger partial charge in [0.1, 0.15) is 0 Å². The summed E-state index contributed by atoms with van der Waals surface area (Å²) in [5.41, 5.74) is -0.0491. The van der Waals surface area contributed by atoms with Gasteiger partial charge in [0.05, 0.1) is 11.7 Å². The lowest BCUT2D eigenvalue weighted by Gasteiger charge is -2.63. The maximum atomic E-state index is 10.4. The van der Waals surface area contributed by atoms with Crippen LogP contribution in [0.15, 0.2) is 0 Å². The van der Waals surface area contributed by atoms with Gasteiger partial charge >= 0.3 is 0 Å². The van der Waals surface area contributed by atoms with Crippen LogP contribution in [0, 0.1) is 29.6 Å². The largest absolute Gasteiger partial charge is 0.392 e. The summed E-state index contributed by atoms with van der Waals surface area (Å²) in [5.74, 6) is 3.21. The molecule has 15 heavy (non-hydrogen) atoms. The summed E-state index contributed by atoms with van der Waals surface area (Å²) < 4.78 is 5.76. The lowest BCUT2D eigenvalue weighted by Crippen LogP contribution is -2.65. The minimum atomic E-state index is -0.113. The fraction of sp³-hybridized carbons (Fsp3) is 1.00. The Balaban J connectivity index is 1.98. The highest BCUT2D eigenvalue weighted by atomic mass is 16.5. The number of hydrogen-bond acceptors (Lipinski definition) is 2. The fourth-order valence-electron chi connectivity index (χ4n) is 4.76. The summed E-state index contributed by atoms with van der Waals surface area (Å²) in [6, 6.07) is 0. The van der Waals surface area contributed by atoms with E-state index < -0.39 is 0 Å². The third kappa shape index (κ3) is 1.07. The minimum Gasteiger partial charge on any atom is -0.392 e. The Bertz CT molecular complexity index is 278. The number of methoxy groups -OCH3 is 1. The quantitative estimate of drug-likeness (QED) is 0.718. The van der Waals surface area contributed by atoms with Crippen molar-refractivity contribution in [3.63, 3.8) is 0 Å². The Morgan fingerprint density at radius 2 is 2.00 bits per heavy atom. The van der Waals surface area contributed by atoms with Gasteiger partial charge in [-0.25, -0.2) is 0 Å². The average molecular weight is 210 g/mol. The topological polar surface area (TPSA) is 29.5 Å². The highest BCUT2D eigenvalue weighted by Gasteiger charge is 2.61. The summed E-state index contributed by atoms with van der Waals surface area (Å²) in [6.07, 6.45) is 3.57. The molecule has 2 heteroatoms. The van der Waals surface area contributed by atoms with Crippen molar-refractivity contribution in [1.29, 1.82) is 0 Å². The highest BCUT2D eigenvalue weighted by molar-refractivity contribution is 5.11. The number of aliphatic hydroxyl groups excluding tert-OH is 1. The van der Waals surface area contributed by atoms with E-state index in [2.05, 4.69) is 13.8 Å². The molecule has 0 aromatic carbocycles. The molecule has 0 aromatic heterocycles. The van der Waals surface area contributed by atoms with Crippen LogP contribution in [-0.4, -0.2) is 23.9 Å². The van der Waals surface area contributed by atoms with Crippen molar-refractivity contribution in [2.45, 2.75) is 44.8 Å². The van der Waals surface area contributed by atoms with E-state index in [9.17, 15) is 5.11 Å². The molecule has 4 fully saturated rings. The van der Waals surface area contributed by atoms with E-state index in [0.29, 0.717) is 17.8 Å². The Kier molecular flexibility index (Phi) is 2.01. The Morgan fingerprint density at radius 3 is 2.67 bits per heavy atom. The molecule has 0 aliphatic heterocycles. The lowest BCUT2D eigenvalue weighted by molar-refractivity contribution is -0.240. The van der Waals surface area contributed by atoms with E-state index in [1.54, 1.807) is 0 Å². The predicted octanol–water partition coefficient (Wildman–Crippen LogP) is 2.06. The molecule has 4 aliphatic carbocycles. The third-order valence-electron chi connectivity index (χ3n) is 5.96. The molecule has 4 rings (SSSR count). The first-order valence-electron chi connectivity index (χ1n) is 6.31. The molecule has 7 unspecified atom stereocenters. The van der Waals surface area contributed by atoms with Crippen molar-refractivity contribution in [2.75, 3.05) is 7.11 Å². The van der Waals surface area contributed by atoms with Gasteiger partial charge < -0.3 is 9.84 Å². The number of aliphatic hydroxyl groups is 1. The van der Waals surface area contributed by atoms with E-state index in [4.69, 9.17) is 4.74 Å². The fourth-order valence-corrected chi connectivity index (χ4v) is 4.76. The van der Waals surface area contributed by atoms with Crippen molar-refractivity contribution < 1.29 is 9.84 Å². The zero-order valence-electron chi connectivity index (χ0n) is 9.94. The van der Waals surface area contributed by atoms with Crippen molar-refractivity contribution in [2.24, 2.45) is 29.6 Å². The first kappa shape index (κ1) is 10.1. The molecule has 1 N–H and O–H groups in total. The van der Waals surface area contributed by atoms with Crippen molar-refractivity contribution >= 4 is 0 Å². The minimum absolute atomic E-state index is 0.0491. The van der Waals surface area contributed by atoms with Gasteiger partial charge in [0.15, 0.2) is 0 Å². The molecule has 86 valence electrons. The summed E-state index contributed by atoms with van der Waals surface area (Å²) in [6.45, 7) is 4.55. The van der Waals surface area contributed by atoms with Crippen LogP contribution in [0.2, 0.25) is 0 Å². The summed E-state index contributed by atoms with van der Waals surface area (Å²) in [7, 11) is 1.82. The van der Waals surface area contributed by atoms with Crippen LogP contribution >= 0.6 is 0 Å². The second kappa shape index (κ2) is 2.98. The monoisotopic (exact) mass is 210 g/mol. The molecule has 0 saturated heterocycles. The number of rotatable bonds is 1. The zero-order valence-corrected chi connectivity index (χ0v) is 9.94. The van der Waals surface area contributed by atoms with Crippen molar-refractivity contribution in [3.05, 3.63) is 0 Å². The van der Waals surface area contributed by atoms with Gasteiger partial charge in [0, 0.05) is 13.0 Å². The van der Waals surface area contributed by atoms with E-state index in [1.165, 1.54) is 19.3 Å². The third-order valence-corrected chi connectivity index (χ3v) is 5.96. The highest BCUT2D eigenvalue weighted by Crippen LogP contribution is 2.61. The second-order valence-electron chi connectivity index (χ2n) is 6.17. The van der Waals surface area contributed by atoms with E-state index in [1.807, 2.05) is 7.11 Å². The van der Waals surface area contributed by atoms with Crippen LogP contribution in [0.5, 0.6) is 0 Å². The first-order valence-corrected chi connectivity index (χ1v) is 6.31. The summed E-state index contributed by atoms with van der Waals surface area (Å²) >= 11 is 0.